The SMILES string of the molecule is COC(=O)CSc1c([N+](=O)[O-])cc(C(F)(F)F)cc1[N+](=O)[O-]. The van der Waals surface area contributed by atoms with Gasteiger partial charge in [-0.3, -0.25) is 25.0 Å². The van der Waals surface area contributed by atoms with Crippen LogP contribution >= 0.6 is 11.8 Å². The number of carbonyl (C=O) groups is 1. The largest absolute Gasteiger partial charge is 0.468 e. The van der Waals surface area contributed by atoms with Crippen LogP contribution in [0.3, 0.4) is 0 Å². The van der Waals surface area contributed by atoms with Crippen LogP contribution in [0.4, 0.5) is 24.5 Å². The number of nitro benzene ring substituents is 2. The molecule has 0 aliphatic carbocycles. The molecule has 0 aliphatic rings. The number of esters is 1. The van der Waals surface area contributed by atoms with Gasteiger partial charge in [-0.2, -0.15) is 13.2 Å². The van der Waals surface area contributed by atoms with Crippen molar-refractivity contribution in [3.8, 4) is 0 Å². The van der Waals surface area contributed by atoms with Crippen molar-refractivity contribution >= 4 is 29.1 Å². The summed E-state index contributed by atoms with van der Waals surface area (Å²) >= 11 is 0.357. The topological polar surface area (TPSA) is 113 Å². The number of methoxy groups -OCH3 is 1. The predicted octanol–water partition coefficient (Wildman–Crippen LogP) is 2.79. The second-order valence-corrected chi connectivity index (χ2v) is 4.71. The number of rotatable bonds is 5. The fraction of sp³-hybridized carbons (Fsp3) is 0.300. The number of ether oxygens (including phenoxy) is 1. The summed E-state index contributed by atoms with van der Waals surface area (Å²) in [4.78, 5) is 29.8. The monoisotopic (exact) mass is 340 g/mol. The average Bonchev–Trinajstić information content (AvgIpc) is 2.42. The molecular weight excluding hydrogens is 333 g/mol. The Labute approximate surface area is 124 Å². The summed E-state index contributed by atoms with van der Waals surface area (Å²) in [6.07, 6.45) is -4.99. The van der Waals surface area contributed by atoms with Crippen molar-refractivity contribution in [1.82, 2.24) is 0 Å². The number of benzene rings is 1. The van der Waals surface area contributed by atoms with E-state index in [1.165, 1.54) is 0 Å². The molecule has 0 amide bonds. The third kappa shape index (κ3) is 4.07. The molecule has 1 aromatic rings. The van der Waals surface area contributed by atoms with E-state index in [2.05, 4.69) is 4.74 Å². The lowest BCUT2D eigenvalue weighted by Crippen LogP contribution is -2.09. The lowest BCUT2D eigenvalue weighted by atomic mass is 10.1. The standard InChI is InChI=1S/C10H7F3N2O6S/c1-21-8(16)4-22-9-6(14(17)18)2-5(10(11,12)13)3-7(9)15(19)20/h2-3H,4H2,1H3. The third-order valence-electron chi connectivity index (χ3n) is 2.33. The van der Waals surface area contributed by atoms with Gasteiger partial charge in [0.25, 0.3) is 11.4 Å². The quantitative estimate of drug-likeness (QED) is 0.350. The molecule has 0 aromatic heterocycles. The van der Waals surface area contributed by atoms with Crippen molar-refractivity contribution in [3.05, 3.63) is 37.9 Å². The highest BCUT2D eigenvalue weighted by atomic mass is 32.2. The second-order valence-electron chi connectivity index (χ2n) is 3.72. The van der Waals surface area contributed by atoms with Crippen LogP contribution in [0, 0.1) is 20.2 Å². The molecule has 0 N–H and O–H groups in total. The second kappa shape index (κ2) is 6.60. The van der Waals surface area contributed by atoms with Crippen LogP contribution in [-0.2, 0) is 15.7 Å². The zero-order valence-corrected chi connectivity index (χ0v) is 11.6. The number of thioether (sulfide) groups is 1. The highest BCUT2D eigenvalue weighted by Gasteiger charge is 2.37. The first-order chi connectivity index (χ1) is 10.1. The van der Waals surface area contributed by atoms with Crippen LogP contribution in [-0.4, -0.2) is 28.7 Å². The van der Waals surface area contributed by atoms with Crippen LogP contribution < -0.4 is 0 Å². The van der Waals surface area contributed by atoms with Gasteiger partial charge < -0.3 is 4.74 Å². The van der Waals surface area contributed by atoms with Crippen molar-refractivity contribution in [3.63, 3.8) is 0 Å². The summed E-state index contributed by atoms with van der Waals surface area (Å²) in [5, 5.41) is 21.8. The molecule has 0 saturated carbocycles. The summed E-state index contributed by atoms with van der Waals surface area (Å²) in [5.74, 6) is -1.36. The normalized spacial score (nSPS) is 11.1. The fourth-order valence-corrected chi connectivity index (χ4v) is 2.31. The summed E-state index contributed by atoms with van der Waals surface area (Å²) in [5.41, 5.74) is -3.72. The van der Waals surface area contributed by atoms with Gasteiger partial charge in [-0.25, -0.2) is 0 Å². The molecule has 0 heterocycles. The van der Waals surface area contributed by atoms with Gasteiger partial charge in [0.05, 0.1) is 28.3 Å². The van der Waals surface area contributed by atoms with E-state index in [0.717, 1.165) is 7.11 Å². The van der Waals surface area contributed by atoms with Crippen molar-refractivity contribution in [2.75, 3.05) is 12.9 Å². The molecular formula is C10H7F3N2O6S. The van der Waals surface area contributed by atoms with E-state index in [-0.39, 0.29) is 12.1 Å². The van der Waals surface area contributed by atoms with Gasteiger partial charge in [0.15, 0.2) is 4.90 Å². The van der Waals surface area contributed by atoms with E-state index in [1.54, 1.807) is 0 Å². The van der Waals surface area contributed by atoms with Crippen molar-refractivity contribution in [1.29, 1.82) is 0 Å². The molecule has 0 saturated heterocycles. The number of hydrogen-bond donors (Lipinski definition) is 0. The number of alkyl halides is 3. The van der Waals surface area contributed by atoms with E-state index in [1.807, 2.05) is 0 Å². The van der Waals surface area contributed by atoms with Crippen molar-refractivity contribution < 1.29 is 32.5 Å². The Bertz CT molecular complexity index is 599. The zero-order valence-electron chi connectivity index (χ0n) is 10.7. The molecule has 0 bridgehead atoms. The lowest BCUT2D eigenvalue weighted by Gasteiger charge is -2.09. The molecule has 22 heavy (non-hydrogen) atoms. The summed E-state index contributed by atoms with van der Waals surface area (Å²) in [7, 11) is 1.03. The van der Waals surface area contributed by atoms with Crippen LogP contribution in [0.25, 0.3) is 0 Å². The maximum absolute atomic E-state index is 12.6. The minimum absolute atomic E-state index is 0.187. The Hall–Kier alpha value is -2.37. The van der Waals surface area contributed by atoms with Gasteiger partial charge in [0.1, 0.15) is 0 Å². The van der Waals surface area contributed by atoms with Gasteiger partial charge in [0, 0.05) is 12.1 Å². The summed E-state index contributed by atoms with van der Waals surface area (Å²) in [6, 6.07) is 0.374. The lowest BCUT2D eigenvalue weighted by molar-refractivity contribution is -0.400. The van der Waals surface area contributed by atoms with Gasteiger partial charge in [-0.05, 0) is 0 Å². The Kier molecular flexibility index (Phi) is 5.30. The van der Waals surface area contributed by atoms with E-state index >= 15 is 0 Å². The minimum Gasteiger partial charge on any atom is -0.468 e. The Balaban J connectivity index is 3.47. The molecule has 0 atom stereocenters. The number of halogens is 3. The maximum Gasteiger partial charge on any atom is 0.416 e. The van der Waals surface area contributed by atoms with Crippen LogP contribution in [0.15, 0.2) is 17.0 Å². The third-order valence-corrected chi connectivity index (χ3v) is 3.42. The molecule has 1 rings (SSSR count). The minimum atomic E-state index is -4.99. The molecule has 1 aromatic carbocycles. The van der Waals surface area contributed by atoms with Gasteiger partial charge in [-0.15, -0.1) is 11.8 Å². The molecule has 8 nitrogen and oxygen atoms in total. The van der Waals surface area contributed by atoms with E-state index in [9.17, 15) is 38.2 Å². The average molecular weight is 340 g/mol. The Morgan fingerprint density at radius 1 is 1.23 bits per heavy atom. The van der Waals surface area contributed by atoms with Gasteiger partial charge in [0.2, 0.25) is 0 Å². The van der Waals surface area contributed by atoms with Crippen LogP contribution in [0.1, 0.15) is 5.56 Å². The van der Waals surface area contributed by atoms with Crippen LogP contribution in [0.5, 0.6) is 0 Å². The smallest absolute Gasteiger partial charge is 0.416 e. The Morgan fingerprint density at radius 3 is 2.00 bits per heavy atom. The Morgan fingerprint density at radius 2 is 1.68 bits per heavy atom. The van der Waals surface area contributed by atoms with E-state index < -0.39 is 49.6 Å². The van der Waals surface area contributed by atoms with Crippen molar-refractivity contribution in [2.45, 2.75) is 11.1 Å². The first-order valence-corrected chi connectivity index (χ1v) is 6.30. The molecule has 0 spiro atoms. The van der Waals surface area contributed by atoms with Crippen LogP contribution in [0.2, 0.25) is 0 Å². The van der Waals surface area contributed by atoms with E-state index in [0.29, 0.717) is 11.8 Å². The number of carbonyl (C=O) groups excluding carboxylic acids is 1. The fourth-order valence-electron chi connectivity index (χ4n) is 1.37. The molecule has 0 unspecified atom stereocenters. The summed E-state index contributed by atoms with van der Waals surface area (Å²) in [6.45, 7) is 0. The van der Waals surface area contributed by atoms with Crippen molar-refractivity contribution in [2.24, 2.45) is 0 Å². The molecule has 0 radical (unpaired) electrons. The first-order valence-electron chi connectivity index (χ1n) is 5.31. The van der Waals surface area contributed by atoms with Gasteiger partial charge in [-0.1, -0.05) is 0 Å². The molecule has 12 heteroatoms. The number of hydrogen-bond acceptors (Lipinski definition) is 7. The highest BCUT2D eigenvalue weighted by molar-refractivity contribution is 8.00. The zero-order chi connectivity index (χ0) is 17.1. The number of nitrogens with zero attached hydrogens (tertiary/aromatic N) is 2. The van der Waals surface area contributed by atoms with Gasteiger partial charge >= 0.3 is 12.1 Å². The maximum atomic E-state index is 12.6. The number of nitro groups is 2. The molecule has 0 aliphatic heterocycles. The highest BCUT2D eigenvalue weighted by Crippen LogP contribution is 2.42. The summed E-state index contributed by atoms with van der Waals surface area (Å²) < 4.78 is 42.2. The first kappa shape index (κ1) is 17.7. The molecule has 120 valence electrons. The predicted molar refractivity (Wildman–Crippen MR) is 67.5 cm³/mol. The van der Waals surface area contributed by atoms with E-state index in [4.69, 9.17) is 0 Å². The molecule has 0 fully saturated rings.